The average Bonchev–Trinajstić information content (AvgIpc) is 2.87. The van der Waals surface area contributed by atoms with Crippen LogP contribution in [0.2, 0.25) is 0 Å². The van der Waals surface area contributed by atoms with Gasteiger partial charge in [-0.1, -0.05) is 0 Å². The average molecular weight is 188 g/mol. The van der Waals surface area contributed by atoms with Crippen LogP contribution in [0.3, 0.4) is 0 Å². The smallest absolute Gasteiger partial charge is 0.235 e. The van der Waals surface area contributed by atoms with Gasteiger partial charge in [0, 0.05) is 35.9 Å². The number of aromatic amines is 2. The lowest BCUT2D eigenvalue weighted by atomic mass is 10.1. The molecule has 0 saturated carbocycles. The van der Waals surface area contributed by atoms with Crippen LogP contribution in [-0.2, 0) is 0 Å². The number of carbonyl (C=O) groups is 2. The molecule has 14 heavy (non-hydrogen) atoms. The van der Waals surface area contributed by atoms with E-state index >= 15 is 0 Å². The molecule has 0 aliphatic rings. The molecule has 2 rings (SSSR count). The summed E-state index contributed by atoms with van der Waals surface area (Å²) < 4.78 is 0. The van der Waals surface area contributed by atoms with Crippen molar-refractivity contribution in [1.82, 2.24) is 9.97 Å². The molecule has 0 aromatic carbocycles. The summed E-state index contributed by atoms with van der Waals surface area (Å²) in [5.74, 6) is -0.989. The Hall–Kier alpha value is -2.10. The molecule has 0 spiro atoms. The molecule has 2 N–H and O–H groups in total. The van der Waals surface area contributed by atoms with E-state index in [1.54, 1.807) is 24.5 Å². The Kier molecular flexibility index (Phi) is 2.02. The minimum atomic E-state index is -0.495. The second-order valence-corrected chi connectivity index (χ2v) is 2.86. The van der Waals surface area contributed by atoms with Gasteiger partial charge >= 0.3 is 0 Å². The molecule has 0 amide bonds. The van der Waals surface area contributed by atoms with E-state index in [0.717, 1.165) is 0 Å². The van der Waals surface area contributed by atoms with E-state index in [2.05, 4.69) is 9.97 Å². The summed E-state index contributed by atoms with van der Waals surface area (Å²) in [6, 6.07) is 3.15. The Bertz CT molecular complexity index is 396. The molecule has 2 heterocycles. The lowest BCUT2D eigenvalue weighted by molar-refractivity contribution is 0.0817. The van der Waals surface area contributed by atoms with Crippen LogP contribution >= 0.6 is 0 Å². The maximum absolute atomic E-state index is 11.5. The van der Waals surface area contributed by atoms with Crippen LogP contribution in [-0.4, -0.2) is 21.5 Å². The first-order valence-corrected chi connectivity index (χ1v) is 4.13. The highest BCUT2D eigenvalue weighted by atomic mass is 16.2. The maximum atomic E-state index is 11.5. The molecular weight excluding hydrogens is 180 g/mol. The van der Waals surface area contributed by atoms with Crippen LogP contribution in [0.4, 0.5) is 0 Å². The molecule has 0 fully saturated rings. The number of H-pyrrole nitrogens is 2. The van der Waals surface area contributed by atoms with Crippen molar-refractivity contribution in [2.24, 2.45) is 0 Å². The first-order valence-electron chi connectivity index (χ1n) is 4.13. The second kappa shape index (κ2) is 3.33. The van der Waals surface area contributed by atoms with Gasteiger partial charge in [0.05, 0.1) is 0 Å². The van der Waals surface area contributed by atoms with E-state index in [-0.39, 0.29) is 0 Å². The van der Waals surface area contributed by atoms with Gasteiger partial charge in [0.25, 0.3) is 0 Å². The standard InChI is InChI=1S/C10H8N2O2/c13-9(7-1-3-11-5-7)10(14)8-2-4-12-6-8/h1-6,11-12H. The molecule has 0 unspecified atom stereocenters. The van der Waals surface area contributed by atoms with Gasteiger partial charge in [-0.25, -0.2) is 0 Å². The molecule has 0 saturated heterocycles. The van der Waals surface area contributed by atoms with Crippen LogP contribution in [0.5, 0.6) is 0 Å². The van der Waals surface area contributed by atoms with Crippen molar-refractivity contribution in [3.05, 3.63) is 48.0 Å². The Balaban J connectivity index is 2.26. The van der Waals surface area contributed by atoms with Gasteiger partial charge in [-0.15, -0.1) is 0 Å². The van der Waals surface area contributed by atoms with Gasteiger partial charge in [0.2, 0.25) is 11.6 Å². The summed E-state index contributed by atoms with van der Waals surface area (Å²) in [5.41, 5.74) is 0.771. The monoisotopic (exact) mass is 188 g/mol. The first kappa shape index (κ1) is 8.50. The fraction of sp³-hybridized carbons (Fsp3) is 0. The number of hydrogen-bond donors (Lipinski definition) is 2. The van der Waals surface area contributed by atoms with Gasteiger partial charge in [-0.2, -0.15) is 0 Å². The van der Waals surface area contributed by atoms with Gasteiger partial charge < -0.3 is 9.97 Å². The highest BCUT2D eigenvalue weighted by Crippen LogP contribution is 2.05. The van der Waals surface area contributed by atoms with Crippen molar-refractivity contribution in [1.29, 1.82) is 0 Å². The van der Waals surface area contributed by atoms with Crippen LogP contribution in [0.25, 0.3) is 0 Å². The third-order valence-corrected chi connectivity index (χ3v) is 1.93. The number of hydrogen-bond acceptors (Lipinski definition) is 2. The van der Waals surface area contributed by atoms with Gasteiger partial charge in [0.1, 0.15) is 0 Å². The van der Waals surface area contributed by atoms with Crippen molar-refractivity contribution in [2.75, 3.05) is 0 Å². The van der Waals surface area contributed by atoms with E-state index in [4.69, 9.17) is 0 Å². The normalized spacial score (nSPS) is 10.0. The van der Waals surface area contributed by atoms with Gasteiger partial charge in [-0.05, 0) is 12.1 Å². The Morgan fingerprint density at radius 3 is 1.57 bits per heavy atom. The van der Waals surface area contributed by atoms with Crippen molar-refractivity contribution in [2.45, 2.75) is 0 Å². The maximum Gasteiger partial charge on any atom is 0.235 e. The van der Waals surface area contributed by atoms with Crippen LogP contribution in [0, 0.1) is 0 Å². The predicted octanol–water partition coefficient (Wildman–Crippen LogP) is 1.41. The Labute approximate surface area is 80.0 Å². The lowest BCUT2D eigenvalue weighted by Crippen LogP contribution is -2.12. The predicted molar refractivity (Wildman–Crippen MR) is 50.2 cm³/mol. The molecule has 4 nitrogen and oxygen atoms in total. The largest absolute Gasteiger partial charge is 0.367 e. The van der Waals surface area contributed by atoms with E-state index in [9.17, 15) is 9.59 Å². The van der Waals surface area contributed by atoms with Gasteiger partial charge in [-0.3, -0.25) is 9.59 Å². The summed E-state index contributed by atoms with van der Waals surface area (Å²) >= 11 is 0. The number of rotatable bonds is 3. The SMILES string of the molecule is O=C(C(=O)c1cc[nH]c1)c1cc[nH]c1. The van der Waals surface area contributed by atoms with Crippen molar-refractivity contribution >= 4 is 11.6 Å². The summed E-state index contributed by atoms with van der Waals surface area (Å²) in [6.07, 6.45) is 6.23. The zero-order valence-electron chi connectivity index (χ0n) is 7.28. The molecule has 2 aromatic heterocycles. The molecule has 0 bridgehead atoms. The van der Waals surface area contributed by atoms with Crippen LogP contribution < -0.4 is 0 Å². The molecule has 0 radical (unpaired) electrons. The van der Waals surface area contributed by atoms with E-state index in [0.29, 0.717) is 11.1 Å². The molecule has 0 atom stereocenters. The van der Waals surface area contributed by atoms with Crippen LogP contribution in [0.15, 0.2) is 36.9 Å². The highest BCUT2D eigenvalue weighted by molar-refractivity contribution is 6.49. The molecular formula is C10H8N2O2. The molecule has 0 aliphatic heterocycles. The Morgan fingerprint density at radius 1 is 0.857 bits per heavy atom. The fourth-order valence-corrected chi connectivity index (χ4v) is 1.19. The van der Waals surface area contributed by atoms with Crippen molar-refractivity contribution in [3.63, 3.8) is 0 Å². The van der Waals surface area contributed by atoms with E-state index in [1.807, 2.05) is 0 Å². The molecule has 70 valence electrons. The number of aromatic nitrogens is 2. The topological polar surface area (TPSA) is 65.7 Å². The lowest BCUT2D eigenvalue weighted by Gasteiger charge is -1.93. The Morgan fingerprint density at radius 2 is 1.29 bits per heavy atom. The number of nitrogens with one attached hydrogen (secondary N) is 2. The summed E-state index contributed by atoms with van der Waals surface area (Å²) in [4.78, 5) is 28.5. The minimum absolute atomic E-state index is 0.385. The zero-order chi connectivity index (χ0) is 9.97. The van der Waals surface area contributed by atoms with Crippen molar-refractivity contribution < 1.29 is 9.59 Å². The second-order valence-electron chi connectivity index (χ2n) is 2.86. The third kappa shape index (κ3) is 1.37. The summed E-state index contributed by atoms with van der Waals surface area (Å²) in [6.45, 7) is 0. The number of Topliss-reactive ketones (excluding diaryl/α,β-unsaturated/α-hetero) is 2. The van der Waals surface area contributed by atoms with E-state index in [1.165, 1.54) is 12.4 Å². The fourth-order valence-electron chi connectivity index (χ4n) is 1.19. The first-order chi connectivity index (χ1) is 6.79. The van der Waals surface area contributed by atoms with Gasteiger partial charge in [0.15, 0.2) is 0 Å². The highest BCUT2D eigenvalue weighted by Gasteiger charge is 2.18. The molecule has 0 aliphatic carbocycles. The minimum Gasteiger partial charge on any atom is -0.367 e. The molecule has 4 heteroatoms. The van der Waals surface area contributed by atoms with Crippen LogP contribution in [0.1, 0.15) is 20.7 Å². The number of carbonyl (C=O) groups excluding carboxylic acids is 2. The van der Waals surface area contributed by atoms with Crippen molar-refractivity contribution in [3.8, 4) is 0 Å². The summed E-state index contributed by atoms with van der Waals surface area (Å²) in [5, 5.41) is 0. The van der Waals surface area contributed by atoms with E-state index < -0.39 is 11.6 Å². The zero-order valence-corrected chi connectivity index (χ0v) is 7.28. The third-order valence-electron chi connectivity index (χ3n) is 1.93. The molecule has 2 aromatic rings. The number of ketones is 2. The summed E-state index contributed by atoms with van der Waals surface area (Å²) in [7, 11) is 0. The quantitative estimate of drug-likeness (QED) is 0.565.